The predicted octanol–water partition coefficient (Wildman–Crippen LogP) is 4.71. The van der Waals surface area contributed by atoms with Crippen molar-refractivity contribution in [1.82, 2.24) is 4.57 Å². The highest BCUT2D eigenvalue weighted by Gasteiger charge is 2.33. The van der Waals surface area contributed by atoms with E-state index in [9.17, 15) is 19.1 Å². The van der Waals surface area contributed by atoms with Crippen molar-refractivity contribution in [2.45, 2.75) is 32.7 Å². The third kappa shape index (κ3) is 2.97. The minimum Gasteiger partial charge on any atom is -0.492 e. The molecule has 0 saturated carbocycles. The number of aromatic carboxylic acids is 1. The summed E-state index contributed by atoms with van der Waals surface area (Å²) in [5.74, 6) is -0.637. The molecule has 0 amide bonds. The van der Waals surface area contributed by atoms with Gasteiger partial charge in [0.1, 0.15) is 17.1 Å². The lowest BCUT2D eigenvalue weighted by molar-refractivity contribution is 0.0694. The molecule has 1 aromatic heterocycles. The molecular weight excluding hydrogens is 397 g/mol. The summed E-state index contributed by atoms with van der Waals surface area (Å²) in [6, 6.07) is 9.87. The number of rotatable bonds is 3. The molecule has 1 atom stereocenters. The molecule has 0 fully saturated rings. The second-order valence-electron chi connectivity index (χ2n) is 8.50. The summed E-state index contributed by atoms with van der Waals surface area (Å²) >= 11 is 0. The zero-order valence-electron chi connectivity index (χ0n) is 17.3. The van der Waals surface area contributed by atoms with E-state index < -0.39 is 11.4 Å². The standard InChI is InChI=1S/C25H22FNO4/c1-13(2)21-10-16-15-7-8-31-24(15)18(14-5-3-4-6-20(14)26)9-17(16)22-11-23(28)19(25(29)30)12-27(21)22/h3-6,9,11-13,21H,7-8,10H2,1-2H3,(H,29,30)/t21-/m0/s1. The summed E-state index contributed by atoms with van der Waals surface area (Å²) in [5.41, 5.74) is 4.01. The maximum atomic E-state index is 14.7. The molecule has 0 radical (unpaired) electrons. The molecule has 3 aromatic rings. The number of carboxylic acids is 1. The second-order valence-corrected chi connectivity index (χ2v) is 8.50. The van der Waals surface area contributed by atoms with E-state index in [0.717, 1.165) is 23.1 Å². The summed E-state index contributed by atoms with van der Waals surface area (Å²) in [4.78, 5) is 24.2. The van der Waals surface area contributed by atoms with Crippen LogP contribution in [0.15, 0.2) is 47.4 Å². The minimum absolute atomic E-state index is 0.00483. The van der Waals surface area contributed by atoms with Crippen molar-refractivity contribution < 1.29 is 19.0 Å². The quantitative estimate of drug-likeness (QED) is 0.668. The Morgan fingerprint density at radius 1 is 1.16 bits per heavy atom. The molecule has 6 heteroatoms. The topological polar surface area (TPSA) is 68.5 Å². The number of nitrogens with zero attached hydrogens (tertiary/aromatic N) is 1. The van der Waals surface area contributed by atoms with Gasteiger partial charge < -0.3 is 14.4 Å². The van der Waals surface area contributed by atoms with Crippen molar-refractivity contribution in [3.63, 3.8) is 0 Å². The Kier molecular flexibility index (Phi) is 4.46. The Balaban J connectivity index is 1.83. The number of carbonyl (C=O) groups is 1. The van der Waals surface area contributed by atoms with Crippen molar-refractivity contribution in [2.75, 3.05) is 6.61 Å². The zero-order chi connectivity index (χ0) is 21.9. The molecule has 0 aliphatic carbocycles. The summed E-state index contributed by atoms with van der Waals surface area (Å²) in [6.45, 7) is 4.70. The average molecular weight is 419 g/mol. The van der Waals surface area contributed by atoms with Gasteiger partial charge in [-0.1, -0.05) is 32.0 Å². The van der Waals surface area contributed by atoms with Crippen LogP contribution in [-0.2, 0) is 12.8 Å². The largest absolute Gasteiger partial charge is 0.492 e. The Labute approximate surface area is 178 Å². The first kappa shape index (κ1) is 19.5. The Morgan fingerprint density at radius 2 is 1.94 bits per heavy atom. The molecule has 5 nitrogen and oxygen atoms in total. The molecule has 0 bridgehead atoms. The molecule has 0 unspecified atom stereocenters. The van der Waals surface area contributed by atoms with E-state index in [-0.39, 0.29) is 23.3 Å². The smallest absolute Gasteiger partial charge is 0.341 e. The highest BCUT2D eigenvalue weighted by molar-refractivity contribution is 5.88. The number of fused-ring (bicyclic) bond motifs is 5. The van der Waals surface area contributed by atoms with E-state index >= 15 is 0 Å². The van der Waals surface area contributed by atoms with Crippen LogP contribution in [0.4, 0.5) is 4.39 Å². The Hall–Kier alpha value is -3.41. The Bertz CT molecular complexity index is 1290. The molecule has 2 aliphatic rings. The minimum atomic E-state index is -1.23. The van der Waals surface area contributed by atoms with Crippen LogP contribution in [0, 0.1) is 11.7 Å². The first-order chi connectivity index (χ1) is 14.9. The van der Waals surface area contributed by atoms with Crippen molar-refractivity contribution in [1.29, 1.82) is 0 Å². The molecule has 2 aliphatic heterocycles. The maximum Gasteiger partial charge on any atom is 0.341 e. The number of pyridine rings is 1. The van der Waals surface area contributed by atoms with Crippen molar-refractivity contribution in [2.24, 2.45) is 5.92 Å². The van der Waals surface area contributed by atoms with Crippen molar-refractivity contribution in [3.05, 3.63) is 75.3 Å². The van der Waals surface area contributed by atoms with E-state index in [0.29, 0.717) is 35.6 Å². The number of halogens is 1. The van der Waals surface area contributed by atoms with Crippen LogP contribution < -0.4 is 10.2 Å². The van der Waals surface area contributed by atoms with Crippen LogP contribution in [0.3, 0.4) is 0 Å². The van der Waals surface area contributed by atoms with Gasteiger partial charge in [0.2, 0.25) is 0 Å². The maximum absolute atomic E-state index is 14.7. The third-order valence-electron chi connectivity index (χ3n) is 6.39. The number of ether oxygens (including phenoxy) is 1. The number of benzene rings is 2. The van der Waals surface area contributed by atoms with E-state index in [1.165, 1.54) is 18.3 Å². The highest BCUT2D eigenvalue weighted by atomic mass is 19.1. The summed E-state index contributed by atoms with van der Waals surface area (Å²) in [6.07, 6.45) is 2.88. The Morgan fingerprint density at radius 3 is 2.65 bits per heavy atom. The van der Waals surface area contributed by atoms with Crippen molar-refractivity contribution in [3.8, 4) is 28.1 Å². The van der Waals surface area contributed by atoms with Crippen LogP contribution in [0.1, 0.15) is 41.4 Å². The van der Waals surface area contributed by atoms with Gasteiger partial charge in [-0.2, -0.15) is 0 Å². The molecule has 3 heterocycles. The van der Waals surface area contributed by atoms with Crippen molar-refractivity contribution >= 4 is 5.97 Å². The van der Waals surface area contributed by atoms with Gasteiger partial charge in [-0.05, 0) is 30.0 Å². The first-order valence-corrected chi connectivity index (χ1v) is 10.4. The predicted molar refractivity (Wildman–Crippen MR) is 115 cm³/mol. The number of aromatic nitrogens is 1. The van der Waals surface area contributed by atoms with Gasteiger partial charge in [-0.25, -0.2) is 9.18 Å². The fraction of sp³-hybridized carbons (Fsp3) is 0.280. The van der Waals surface area contributed by atoms with Gasteiger partial charge in [0.05, 0.1) is 12.3 Å². The van der Waals surface area contributed by atoms with E-state index in [1.807, 2.05) is 10.6 Å². The average Bonchev–Trinajstić information content (AvgIpc) is 3.22. The van der Waals surface area contributed by atoms with Gasteiger partial charge in [0.15, 0.2) is 5.43 Å². The van der Waals surface area contributed by atoms with Gasteiger partial charge in [-0.3, -0.25) is 4.79 Å². The van der Waals surface area contributed by atoms with Gasteiger partial charge in [0.25, 0.3) is 0 Å². The van der Waals surface area contributed by atoms with Gasteiger partial charge in [-0.15, -0.1) is 0 Å². The lowest BCUT2D eigenvalue weighted by atomic mass is 9.82. The zero-order valence-corrected chi connectivity index (χ0v) is 17.3. The van der Waals surface area contributed by atoms with Gasteiger partial charge >= 0.3 is 5.97 Å². The lowest BCUT2D eigenvalue weighted by Crippen LogP contribution is -2.28. The second kappa shape index (κ2) is 7.08. The fourth-order valence-corrected chi connectivity index (χ4v) is 4.85. The SMILES string of the molecule is CC(C)[C@@H]1Cc2c(cc(-c3ccccc3F)c3c2CCO3)-c2cc(=O)c(C(=O)O)cn21. The molecule has 0 saturated heterocycles. The van der Waals surface area contributed by atoms with Crippen LogP contribution in [-0.4, -0.2) is 22.2 Å². The van der Waals surface area contributed by atoms with Gasteiger partial charge in [0, 0.05) is 47.0 Å². The van der Waals surface area contributed by atoms with Crippen LogP contribution >= 0.6 is 0 Å². The monoisotopic (exact) mass is 419 g/mol. The number of carboxylic acid groups (broad SMARTS) is 1. The molecule has 1 N–H and O–H groups in total. The third-order valence-corrected chi connectivity index (χ3v) is 6.39. The number of hydrogen-bond donors (Lipinski definition) is 1. The molecule has 0 spiro atoms. The molecule has 2 aromatic carbocycles. The van der Waals surface area contributed by atoms with E-state index in [1.54, 1.807) is 18.2 Å². The summed E-state index contributed by atoms with van der Waals surface area (Å²) in [5, 5.41) is 9.47. The van der Waals surface area contributed by atoms with Crippen LogP contribution in [0.5, 0.6) is 5.75 Å². The lowest BCUT2D eigenvalue weighted by Gasteiger charge is -2.34. The molecular formula is C25H22FNO4. The normalized spacial score (nSPS) is 16.5. The molecule has 31 heavy (non-hydrogen) atoms. The highest BCUT2D eigenvalue weighted by Crippen LogP contribution is 2.48. The van der Waals surface area contributed by atoms with Crippen LogP contribution in [0.25, 0.3) is 22.4 Å². The van der Waals surface area contributed by atoms with Crippen LogP contribution in [0.2, 0.25) is 0 Å². The summed E-state index contributed by atoms with van der Waals surface area (Å²) < 4.78 is 22.5. The van der Waals surface area contributed by atoms with E-state index in [4.69, 9.17) is 4.74 Å². The number of hydrogen-bond acceptors (Lipinski definition) is 3. The van der Waals surface area contributed by atoms with E-state index in [2.05, 4.69) is 13.8 Å². The summed E-state index contributed by atoms with van der Waals surface area (Å²) in [7, 11) is 0. The first-order valence-electron chi connectivity index (χ1n) is 10.4. The molecule has 5 rings (SSSR count). The molecule has 158 valence electrons. The fourth-order valence-electron chi connectivity index (χ4n) is 4.85.